The number of hydrogen-bond acceptors (Lipinski definition) is 3. The van der Waals surface area contributed by atoms with E-state index in [0.717, 1.165) is 18.8 Å². The summed E-state index contributed by atoms with van der Waals surface area (Å²) in [5, 5.41) is 13.6. The largest absolute Gasteiger partial charge is 0.394 e. The Bertz CT molecular complexity index is 312. The molecule has 0 aromatic heterocycles. The topological polar surface area (TPSA) is 35.5 Å². The average Bonchev–Trinajstić information content (AvgIpc) is 3.28. The lowest BCUT2D eigenvalue weighted by Gasteiger charge is -2.35. The number of aliphatic hydroxyl groups excluding tert-OH is 1. The van der Waals surface area contributed by atoms with Crippen LogP contribution in [0.4, 0.5) is 0 Å². The van der Waals surface area contributed by atoms with Crippen LogP contribution < -0.4 is 5.32 Å². The van der Waals surface area contributed by atoms with E-state index < -0.39 is 0 Å². The Labute approximate surface area is 117 Å². The first-order chi connectivity index (χ1) is 9.12. The standard InChI is InChI=1S/C16H30N2O/c1-12(2)18(10-13-3-4-13)15-7-8-16(9-15,11-19)17-14-5-6-14/h12-15,17,19H,3-11H2,1-2H3. The Kier molecular flexibility index (Phi) is 3.89. The number of hydrogen-bond donors (Lipinski definition) is 2. The van der Waals surface area contributed by atoms with Gasteiger partial charge in [-0.05, 0) is 64.7 Å². The van der Waals surface area contributed by atoms with Crippen LogP contribution in [0.25, 0.3) is 0 Å². The molecule has 0 aliphatic heterocycles. The summed E-state index contributed by atoms with van der Waals surface area (Å²) in [7, 11) is 0. The Morgan fingerprint density at radius 1 is 1.21 bits per heavy atom. The molecular formula is C16H30N2O. The van der Waals surface area contributed by atoms with Crippen LogP contribution in [-0.4, -0.2) is 46.8 Å². The summed E-state index contributed by atoms with van der Waals surface area (Å²) in [6.07, 6.45) is 9.03. The summed E-state index contributed by atoms with van der Waals surface area (Å²) < 4.78 is 0. The fraction of sp³-hybridized carbons (Fsp3) is 1.00. The highest BCUT2D eigenvalue weighted by atomic mass is 16.3. The number of rotatable bonds is 7. The van der Waals surface area contributed by atoms with Gasteiger partial charge < -0.3 is 10.4 Å². The van der Waals surface area contributed by atoms with Crippen LogP contribution >= 0.6 is 0 Å². The molecule has 0 amide bonds. The summed E-state index contributed by atoms with van der Waals surface area (Å²) in [4.78, 5) is 2.71. The Morgan fingerprint density at radius 3 is 2.47 bits per heavy atom. The fourth-order valence-electron chi connectivity index (χ4n) is 3.74. The van der Waals surface area contributed by atoms with Crippen LogP contribution in [0.3, 0.4) is 0 Å². The van der Waals surface area contributed by atoms with E-state index in [1.165, 1.54) is 38.6 Å². The molecule has 110 valence electrons. The third-order valence-corrected chi connectivity index (χ3v) is 5.27. The minimum absolute atomic E-state index is 0.0303. The second kappa shape index (κ2) is 5.34. The van der Waals surface area contributed by atoms with E-state index in [0.29, 0.717) is 24.7 Å². The summed E-state index contributed by atoms with van der Waals surface area (Å²) >= 11 is 0. The van der Waals surface area contributed by atoms with Crippen molar-refractivity contribution in [1.82, 2.24) is 10.2 Å². The van der Waals surface area contributed by atoms with Gasteiger partial charge in [-0.2, -0.15) is 0 Å². The molecule has 0 spiro atoms. The minimum Gasteiger partial charge on any atom is -0.394 e. The lowest BCUT2D eigenvalue weighted by molar-refractivity contribution is 0.120. The molecule has 3 saturated carbocycles. The summed E-state index contributed by atoms with van der Waals surface area (Å²) in [6.45, 7) is 6.26. The summed E-state index contributed by atoms with van der Waals surface area (Å²) in [5.41, 5.74) is 0.0303. The maximum absolute atomic E-state index is 9.84. The molecule has 0 heterocycles. The monoisotopic (exact) mass is 266 g/mol. The van der Waals surface area contributed by atoms with Gasteiger partial charge in [0.05, 0.1) is 6.61 Å². The molecule has 0 aromatic rings. The van der Waals surface area contributed by atoms with Gasteiger partial charge in [-0.1, -0.05) is 0 Å². The van der Waals surface area contributed by atoms with Gasteiger partial charge in [-0.3, -0.25) is 4.90 Å². The molecule has 3 aliphatic rings. The van der Waals surface area contributed by atoms with Gasteiger partial charge in [0.2, 0.25) is 0 Å². The van der Waals surface area contributed by atoms with Crippen LogP contribution in [-0.2, 0) is 0 Å². The highest BCUT2D eigenvalue weighted by Gasteiger charge is 2.44. The smallest absolute Gasteiger partial charge is 0.0614 e. The van der Waals surface area contributed by atoms with Crippen molar-refractivity contribution in [2.45, 2.75) is 82.5 Å². The van der Waals surface area contributed by atoms with Crippen LogP contribution in [0.5, 0.6) is 0 Å². The van der Waals surface area contributed by atoms with Crippen molar-refractivity contribution < 1.29 is 5.11 Å². The van der Waals surface area contributed by atoms with Gasteiger partial charge in [-0.25, -0.2) is 0 Å². The second-order valence-corrected chi connectivity index (χ2v) is 7.49. The van der Waals surface area contributed by atoms with Crippen LogP contribution in [0.15, 0.2) is 0 Å². The van der Waals surface area contributed by atoms with Crippen LogP contribution in [0, 0.1) is 5.92 Å². The van der Waals surface area contributed by atoms with E-state index in [-0.39, 0.29) is 5.54 Å². The zero-order chi connectivity index (χ0) is 13.5. The Morgan fingerprint density at radius 2 is 1.95 bits per heavy atom. The molecule has 3 rings (SSSR count). The Balaban J connectivity index is 1.60. The number of nitrogens with zero attached hydrogens (tertiary/aromatic N) is 1. The molecule has 3 aliphatic carbocycles. The molecule has 0 radical (unpaired) electrons. The van der Waals surface area contributed by atoms with E-state index in [9.17, 15) is 5.11 Å². The van der Waals surface area contributed by atoms with Crippen molar-refractivity contribution in [1.29, 1.82) is 0 Å². The number of nitrogens with one attached hydrogen (secondary N) is 1. The molecule has 0 bridgehead atoms. The highest BCUT2D eigenvalue weighted by molar-refractivity contribution is 5.03. The molecule has 3 fully saturated rings. The molecule has 3 heteroatoms. The molecule has 19 heavy (non-hydrogen) atoms. The van der Waals surface area contributed by atoms with Gasteiger partial charge in [0.25, 0.3) is 0 Å². The van der Waals surface area contributed by atoms with Gasteiger partial charge in [0.1, 0.15) is 0 Å². The van der Waals surface area contributed by atoms with E-state index >= 15 is 0 Å². The van der Waals surface area contributed by atoms with Gasteiger partial charge in [-0.15, -0.1) is 0 Å². The first kappa shape index (κ1) is 13.8. The molecule has 3 nitrogen and oxygen atoms in total. The molecular weight excluding hydrogens is 236 g/mol. The van der Waals surface area contributed by atoms with Crippen molar-refractivity contribution in [2.75, 3.05) is 13.2 Å². The Hall–Kier alpha value is -0.120. The van der Waals surface area contributed by atoms with E-state index in [1.807, 2.05) is 0 Å². The van der Waals surface area contributed by atoms with Gasteiger partial charge >= 0.3 is 0 Å². The summed E-state index contributed by atoms with van der Waals surface area (Å²) in [6, 6.07) is 2.02. The third-order valence-electron chi connectivity index (χ3n) is 5.27. The predicted octanol–water partition coefficient (Wildman–Crippen LogP) is 2.14. The number of aliphatic hydroxyl groups is 1. The fourth-order valence-corrected chi connectivity index (χ4v) is 3.74. The summed E-state index contributed by atoms with van der Waals surface area (Å²) in [5.74, 6) is 0.961. The average molecular weight is 266 g/mol. The van der Waals surface area contributed by atoms with Crippen molar-refractivity contribution in [2.24, 2.45) is 5.92 Å². The molecule has 0 aromatic carbocycles. The quantitative estimate of drug-likeness (QED) is 0.741. The van der Waals surface area contributed by atoms with Crippen LogP contribution in [0.2, 0.25) is 0 Å². The van der Waals surface area contributed by atoms with Crippen molar-refractivity contribution in [3.63, 3.8) is 0 Å². The first-order valence-corrected chi connectivity index (χ1v) is 8.26. The first-order valence-electron chi connectivity index (χ1n) is 8.26. The maximum Gasteiger partial charge on any atom is 0.0614 e. The molecule has 2 unspecified atom stereocenters. The van der Waals surface area contributed by atoms with E-state index in [2.05, 4.69) is 24.1 Å². The molecule has 2 atom stereocenters. The normalized spacial score (nSPS) is 35.5. The zero-order valence-corrected chi connectivity index (χ0v) is 12.6. The lowest BCUT2D eigenvalue weighted by atomic mass is 9.97. The second-order valence-electron chi connectivity index (χ2n) is 7.49. The third kappa shape index (κ3) is 3.32. The minimum atomic E-state index is 0.0303. The van der Waals surface area contributed by atoms with Crippen molar-refractivity contribution >= 4 is 0 Å². The molecule has 2 N–H and O–H groups in total. The zero-order valence-electron chi connectivity index (χ0n) is 12.6. The molecule has 0 saturated heterocycles. The van der Waals surface area contributed by atoms with Crippen LogP contribution in [0.1, 0.15) is 58.8 Å². The van der Waals surface area contributed by atoms with Crippen molar-refractivity contribution in [3.05, 3.63) is 0 Å². The maximum atomic E-state index is 9.84. The highest BCUT2D eigenvalue weighted by Crippen LogP contribution is 2.39. The van der Waals surface area contributed by atoms with Gasteiger partial charge in [0, 0.05) is 30.2 Å². The lowest BCUT2D eigenvalue weighted by Crippen LogP contribution is -2.50. The predicted molar refractivity (Wildman–Crippen MR) is 78.2 cm³/mol. The van der Waals surface area contributed by atoms with E-state index in [4.69, 9.17) is 0 Å². The van der Waals surface area contributed by atoms with Gasteiger partial charge in [0.15, 0.2) is 0 Å². The van der Waals surface area contributed by atoms with Crippen molar-refractivity contribution in [3.8, 4) is 0 Å². The van der Waals surface area contributed by atoms with E-state index in [1.54, 1.807) is 0 Å². The SMILES string of the molecule is CC(C)N(CC1CC1)C1CCC(CO)(NC2CC2)C1.